The van der Waals surface area contributed by atoms with Crippen molar-refractivity contribution < 1.29 is 0 Å². The largest absolute Gasteiger partial charge is 0.306 e. The van der Waals surface area contributed by atoms with E-state index in [1.54, 1.807) is 11.3 Å². The van der Waals surface area contributed by atoms with Crippen LogP contribution in [-0.4, -0.2) is 6.54 Å². The minimum Gasteiger partial charge on any atom is -0.306 e. The molecular weight excluding hydrogens is 342 g/mol. The monoisotopic (exact) mass is 357 g/mol. The van der Waals surface area contributed by atoms with Crippen molar-refractivity contribution in [3.8, 4) is 0 Å². The second-order valence-electron chi connectivity index (χ2n) is 4.56. The van der Waals surface area contributed by atoms with E-state index in [0.717, 1.165) is 22.5 Å². The molecule has 1 aromatic carbocycles. The van der Waals surface area contributed by atoms with Crippen molar-refractivity contribution in [3.05, 3.63) is 55.1 Å². The first kappa shape index (κ1) is 15.0. The number of aryl methyl sites for hydroxylation is 1. The van der Waals surface area contributed by atoms with E-state index in [0.29, 0.717) is 0 Å². The second kappa shape index (κ2) is 6.89. The maximum Gasteiger partial charge on any atom is 0.0674 e. The Kier molecular flexibility index (Phi) is 5.46. The van der Waals surface area contributed by atoms with Gasteiger partial charge in [0.2, 0.25) is 0 Å². The lowest BCUT2D eigenvalue weighted by Gasteiger charge is -2.19. The van der Waals surface area contributed by atoms with E-state index >= 15 is 0 Å². The minimum atomic E-state index is 0.218. The lowest BCUT2D eigenvalue weighted by Crippen LogP contribution is -2.23. The highest BCUT2D eigenvalue weighted by Crippen LogP contribution is 2.32. The highest BCUT2D eigenvalue weighted by molar-refractivity contribution is 9.10. The molecule has 2 aromatic rings. The van der Waals surface area contributed by atoms with Gasteiger partial charge in [0, 0.05) is 14.4 Å². The van der Waals surface area contributed by atoms with E-state index in [9.17, 15) is 0 Å². The Balaban J connectivity index is 2.39. The van der Waals surface area contributed by atoms with Crippen molar-refractivity contribution in [1.29, 1.82) is 0 Å². The van der Waals surface area contributed by atoms with Crippen LogP contribution in [0, 0.1) is 6.92 Å². The number of benzene rings is 1. The summed E-state index contributed by atoms with van der Waals surface area (Å²) in [6.07, 6.45) is 1.11. The van der Waals surface area contributed by atoms with Crippen molar-refractivity contribution in [2.75, 3.05) is 6.54 Å². The van der Waals surface area contributed by atoms with Crippen LogP contribution >= 0.6 is 38.9 Å². The van der Waals surface area contributed by atoms with Gasteiger partial charge in [0.05, 0.1) is 6.04 Å². The first-order valence-corrected chi connectivity index (χ1v) is 8.40. The van der Waals surface area contributed by atoms with Crippen molar-refractivity contribution in [1.82, 2.24) is 5.32 Å². The molecule has 19 heavy (non-hydrogen) atoms. The Labute approximate surface area is 132 Å². The fourth-order valence-corrected chi connectivity index (χ4v) is 3.99. The van der Waals surface area contributed by atoms with E-state index in [4.69, 9.17) is 11.6 Å². The summed E-state index contributed by atoms with van der Waals surface area (Å²) in [7, 11) is 0. The standard InChI is InChI=1S/C15H17BrClNS/c1-3-5-18-14(15-10(2)4-6-19-15)11-7-12(16)9-13(17)8-11/h4,6-9,14,18H,3,5H2,1-2H3. The highest BCUT2D eigenvalue weighted by atomic mass is 79.9. The van der Waals surface area contributed by atoms with Gasteiger partial charge in [-0.25, -0.2) is 0 Å². The molecule has 1 N–H and O–H groups in total. The molecule has 0 fully saturated rings. The summed E-state index contributed by atoms with van der Waals surface area (Å²) < 4.78 is 1.02. The number of rotatable bonds is 5. The van der Waals surface area contributed by atoms with Crippen molar-refractivity contribution in [3.63, 3.8) is 0 Å². The van der Waals surface area contributed by atoms with Crippen molar-refractivity contribution in [2.24, 2.45) is 0 Å². The summed E-state index contributed by atoms with van der Waals surface area (Å²) in [6.45, 7) is 5.33. The summed E-state index contributed by atoms with van der Waals surface area (Å²) in [6, 6.07) is 8.48. The summed E-state index contributed by atoms with van der Waals surface area (Å²) in [5.41, 5.74) is 2.54. The topological polar surface area (TPSA) is 12.0 Å². The summed E-state index contributed by atoms with van der Waals surface area (Å²) in [4.78, 5) is 1.36. The van der Waals surface area contributed by atoms with Gasteiger partial charge in [0.15, 0.2) is 0 Å². The fourth-order valence-electron chi connectivity index (χ4n) is 2.07. The van der Waals surface area contributed by atoms with Crippen molar-refractivity contribution in [2.45, 2.75) is 26.3 Å². The van der Waals surface area contributed by atoms with E-state index in [-0.39, 0.29) is 6.04 Å². The van der Waals surface area contributed by atoms with Crippen molar-refractivity contribution >= 4 is 38.9 Å². The third-order valence-corrected chi connectivity index (χ3v) is 4.74. The van der Waals surface area contributed by atoms with Gasteiger partial charge in [-0.05, 0) is 60.7 Å². The third-order valence-electron chi connectivity index (χ3n) is 2.98. The molecule has 0 radical (unpaired) electrons. The number of hydrogen-bond acceptors (Lipinski definition) is 2. The lowest BCUT2D eigenvalue weighted by atomic mass is 10.0. The second-order valence-corrected chi connectivity index (χ2v) is 6.86. The molecule has 0 saturated heterocycles. The van der Waals surface area contributed by atoms with Crippen LogP contribution in [0.1, 0.15) is 35.4 Å². The van der Waals surface area contributed by atoms with Gasteiger partial charge in [-0.3, -0.25) is 0 Å². The van der Waals surface area contributed by atoms with Gasteiger partial charge in [0.1, 0.15) is 0 Å². The van der Waals surface area contributed by atoms with Crippen LogP contribution in [0.4, 0.5) is 0 Å². The average molecular weight is 359 g/mol. The number of thiophene rings is 1. The fraction of sp³-hybridized carbons (Fsp3) is 0.333. The lowest BCUT2D eigenvalue weighted by molar-refractivity contribution is 0.604. The van der Waals surface area contributed by atoms with Gasteiger partial charge >= 0.3 is 0 Å². The summed E-state index contributed by atoms with van der Waals surface area (Å²) >= 11 is 11.5. The molecule has 1 nitrogen and oxygen atoms in total. The Morgan fingerprint density at radius 2 is 2.16 bits per heavy atom. The van der Waals surface area contributed by atoms with Crippen LogP contribution in [0.15, 0.2) is 34.1 Å². The average Bonchev–Trinajstić information content (AvgIpc) is 2.75. The predicted octanol–water partition coefficient (Wildman–Crippen LogP) is 5.56. The molecule has 4 heteroatoms. The Hall–Kier alpha value is -0.350. The Morgan fingerprint density at radius 1 is 1.37 bits per heavy atom. The van der Waals surface area contributed by atoms with Crippen LogP contribution < -0.4 is 5.32 Å². The number of hydrogen-bond donors (Lipinski definition) is 1. The predicted molar refractivity (Wildman–Crippen MR) is 88.3 cm³/mol. The highest BCUT2D eigenvalue weighted by Gasteiger charge is 2.17. The van der Waals surface area contributed by atoms with Crippen LogP contribution in [0.5, 0.6) is 0 Å². The van der Waals surface area contributed by atoms with Gasteiger partial charge in [-0.2, -0.15) is 0 Å². The van der Waals surface area contributed by atoms with Crippen LogP contribution in [-0.2, 0) is 0 Å². The SMILES string of the molecule is CCCNC(c1cc(Cl)cc(Br)c1)c1sccc1C. The van der Waals surface area contributed by atoms with E-state index < -0.39 is 0 Å². The molecule has 0 aliphatic rings. The zero-order valence-corrected chi connectivity index (χ0v) is 14.2. The van der Waals surface area contributed by atoms with E-state index in [1.807, 2.05) is 12.1 Å². The molecule has 1 heterocycles. The van der Waals surface area contributed by atoms with Crippen LogP contribution in [0.25, 0.3) is 0 Å². The number of halogens is 2. The molecule has 0 aliphatic heterocycles. The quantitative estimate of drug-likeness (QED) is 0.737. The molecule has 1 aromatic heterocycles. The Morgan fingerprint density at radius 3 is 2.74 bits per heavy atom. The Bertz CT molecular complexity index is 533. The summed E-state index contributed by atoms with van der Waals surface area (Å²) in [5, 5.41) is 6.52. The van der Waals surface area contributed by atoms with Gasteiger partial charge < -0.3 is 5.32 Å². The molecular formula is C15H17BrClNS. The molecule has 0 saturated carbocycles. The first-order valence-electron chi connectivity index (χ1n) is 6.35. The molecule has 2 rings (SSSR count). The number of nitrogens with one attached hydrogen (secondary N) is 1. The van der Waals surface area contributed by atoms with Gasteiger partial charge in [0.25, 0.3) is 0 Å². The van der Waals surface area contributed by atoms with Gasteiger partial charge in [-0.15, -0.1) is 11.3 Å². The van der Waals surface area contributed by atoms with E-state index in [2.05, 4.69) is 52.6 Å². The van der Waals surface area contributed by atoms with Crippen LogP contribution in [0.3, 0.4) is 0 Å². The molecule has 0 aliphatic carbocycles. The van der Waals surface area contributed by atoms with Crippen LogP contribution in [0.2, 0.25) is 5.02 Å². The molecule has 1 unspecified atom stereocenters. The molecule has 0 amide bonds. The maximum atomic E-state index is 6.18. The zero-order chi connectivity index (χ0) is 13.8. The normalized spacial score (nSPS) is 12.6. The zero-order valence-electron chi connectivity index (χ0n) is 11.0. The maximum absolute atomic E-state index is 6.18. The summed E-state index contributed by atoms with van der Waals surface area (Å²) in [5.74, 6) is 0. The third kappa shape index (κ3) is 3.82. The molecule has 0 bridgehead atoms. The van der Waals surface area contributed by atoms with Gasteiger partial charge in [-0.1, -0.05) is 34.5 Å². The smallest absolute Gasteiger partial charge is 0.0674 e. The molecule has 102 valence electrons. The molecule has 1 atom stereocenters. The van der Waals surface area contributed by atoms with E-state index in [1.165, 1.54) is 16.0 Å². The first-order chi connectivity index (χ1) is 9.11. The molecule has 0 spiro atoms. The minimum absolute atomic E-state index is 0.218.